The maximum atomic E-state index is 4.90. The normalized spacial score (nSPS) is 14.2. The number of benzene rings is 1. The molecule has 3 aromatic heterocycles. The van der Waals surface area contributed by atoms with E-state index in [1.54, 1.807) is 11.3 Å². The first-order valence-corrected chi connectivity index (χ1v) is 10.8. The zero-order valence-corrected chi connectivity index (χ0v) is 17.2. The molecule has 1 aliphatic carbocycles. The number of nitrogens with zero attached hydrogens (tertiary/aromatic N) is 7. The Balaban J connectivity index is 1.65. The summed E-state index contributed by atoms with van der Waals surface area (Å²) in [5.41, 5.74) is 2.33. The first kappa shape index (κ1) is 17.7. The van der Waals surface area contributed by atoms with Crippen LogP contribution in [0.5, 0.6) is 0 Å². The van der Waals surface area contributed by atoms with E-state index in [2.05, 4.69) is 50.1 Å². The van der Waals surface area contributed by atoms with Crippen molar-refractivity contribution in [2.45, 2.75) is 35.6 Å². The Labute approximate surface area is 170 Å². The van der Waals surface area contributed by atoms with E-state index in [9.17, 15) is 0 Å². The van der Waals surface area contributed by atoms with Crippen LogP contribution in [0.1, 0.15) is 24.7 Å². The fourth-order valence-electron chi connectivity index (χ4n) is 3.10. The maximum Gasteiger partial charge on any atom is 0.215 e. The van der Waals surface area contributed by atoms with Crippen LogP contribution in [0.2, 0.25) is 0 Å². The van der Waals surface area contributed by atoms with Crippen LogP contribution in [0.15, 0.2) is 45.9 Å². The van der Waals surface area contributed by atoms with Gasteiger partial charge >= 0.3 is 0 Å². The molecule has 0 amide bonds. The predicted octanol–water partition coefficient (Wildman–Crippen LogP) is 3.89. The van der Waals surface area contributed by atoms with Gasteiger partial charge in [0.15, 0.2) is 0 Å². The second-order valence-corrected chi connectivity index (χ2v) is 8.93. The molecule has 0 spiro atoms. The van der Waals surface area contributed by atoms with Crippen molar-refractivity contribution in [1.82, 2.24) is 35.1 Å². The molecule has 0 bridgehead atoms. The van der Waals surface area contributed by atoms with Crippen molar-refractivity contribution >= 4 is 33.3 Å². The molecule has 0 radical (unpaired) electrons. The molecule has 0 atom stereocenters. The van der Waals surface area contributed by atoms with Crippen molar-refractivity contribution in [2.75, 3.05) is 14.1 Å². The summed E-state index contributed by atoms with van der Waals surface area (Å²) in [5.74, 6) is 0.812. The molecule has 7 nitrogen and oxygen atoms in total. The topological polar surface area (TPSA) is 72.6 Å². The number of rotatable bonds is 6. The summed E-state index contributed by atoms with van der Waals surface area (Å²) in [5, 5.41) is 17.3. The van der Waals surface area contributed by atoms with Crippen LogP contribution < -0.4 is 0 Å². The van der Waals surface area contributed by atoms with E-state index in [0.29, 0.717) is 12.6 Å². The third-order valence-electron chi connectivity index (χ3n) is 4.53. The molecule has 28 heavy (non-hydrogen) atoms. The van der Waals surface area contributed by atoms with Crippen molar-refractivity contribution in [3.63, 3.8) is 0 Å². The third kappa shape index (κ3) is 3.41. The van der Waals surface area contributed by atoms with Crippen LogP contribution in [0.3, 0.4) is 0 Å². The van der Waals surface area contributed by atoms with Gasteiger partial charge in [-0.25, -0.2) is 14.6 Å². The average molecular weight is 410 g/mol. The molecule has 0 aliphatic heterocycles. The van der Waals surface area contributed by atoms with Crippen molar-refractivity contribution in [1.29, 1.82) is 0 Å². The summed E-state index contributed by atoms with van der Waals surface area (Å²) in [6.07, 6.45) is 2.27. The highest BCUT2D eigenvalue weighted by Gasteiger charge is 2.29. The zero-order chi connectivity index (χ0) is 19.1. The van der Waals surface area contributed by atoms with Crippen LogP contribution in [0, 0.1) is 0 Å². The summed E-state index contributed by atoms with van der Waals surface area (Å²) in [4.78, 5) is 12.8. The Kier molecular flexibility index (Phi) is 4.58. The second-order valence-electron chi connectivity index (χ2n) is 7.12. The Morgan fingerprint density at radius 2 is 2.00 bits per heavy atom. The van der Waals surface area contributed by atoms with E-state index in [1.165, 1.54) is 17.3 Å². The van der Waals surface area contributed by atoms with Crippen LogP contribution in [-0.2, 0) is 6.54 Å². The van der Waals surface area contributed by atoms with Gasteiger partial charge in [0.2, 0.25) is 5.16 Å². The standard InChI is InChI=1S/C19H19N7S2/c1-25(2)10-15-20-17-16(14(11-27-17)12-6-4-3-5-7-12)18(21-15)28-19-22-23-24-26(19)13-8-9-13/h3-7,11,13H,8-10H2,1-2H3. The molecule has 1 fully saturated rings. The average Bonchev–Trinajstić information content (AvgIpc) is 3.27. The lowest BCUT2D eigenvalue weighted by Gasteiger charge is -2.11. The quantitative estimate of drug-likeness (QED) is 0.447. The fourth-order valence-corrected chi connectivity index (χ4v) is 5.12. The molecule has 0 unspecified atom stereocenters. The number of fused-ring (bicyclic) bond motifs is 1. The van der Waals surface area contributed by atoms with Gasteiger partial charge < -0.3 is 4.90 Å². The fraction of sp³-hybridized carbons (Fsp3) is 0.316. The van der Waals surface area contributed by atoms with Crippen molar-refractivity contribution < 1.29 is 0 Å². The highest BCUT2D eigenvalue weighted by Crippen LogP contribution is 2.42. The van der Waals surface area contributed by atoms with Crippen LogP contribution >= 0.6 is 23.1 Å². The van der Waals surface area contributed by atoms with Gasteiger partial charge in [-0.2, -0.15) is 0 Å². The highest BCUT2D eigenvalue weighted by molar-refractivity contribution is 7.99. The second kappa shape index (κ2) is 7.23. The van der Waals surface area contributed by atoms with E-state index in [1.807, 2.05) is 24.8 Å². The van der Waals surface area contributed by atoms with Crippen molar-refractivity contribution in [3.05, 3.63) is 41.5 Å². The lowest BCUT2D eigenvalue weighted by Crippen LogP contribution is -2.13. The minimum atomic E-state index is 0.423. The van der Waals surface area contributed by atoms with E-state index in [-0.39, 0.29) is 0 Å². The van der Waals surface area contributed by atoms with Gasteiger partial charge in [0.25, 0.3) is 0 Å². The van der Waals surface area contributed by atoms with Crippen LogP contribution in [0.25, 0.3) is 21.3 Å². The SMILES string of the molecule is CN(C)Cc1nc(Sc2nnnn2C2CC2)c2c(-c3ccccc3)csc2n1. The van der Waals surface area contributed by atoms with Crippen molar-refractivity contribution in [3.8, 4) is 11.1 Å². The van der Waals surface area contributed by atoms with Gasteiger partial charge in [0.05, 0.1) is 18.0 Å². The van der Waals surface area contributed by atoms with Gasteiger partial charge in [0, 0.05) is 10.9 Å². The highest BCUT2D eigenvalue weighted by atomic mass is 32.2. The molecule has 1 saturated carbocycles. The summed E-state index contributed by atoms with van der Waals surface area (Å²) in [6, 6.07) is 10.8. The maximum absolute atomic E-state index is 4.90. The first-order valence-electron chi connectivity index (χ1n) is 9.13. The Morgan fingerprint density at radius 1 is 1.18 bits per heavy atom. The molecule has 1 aliphatic rings. The van der Waals surface area contributed by atoms with E-state index in [4.69, 9.17) is 9.97 Å². The Hall–Kier alpha value is -2.36. The summed E-state index contributed by atoms with van der Waals surface area (Å²) in [7, 11) is 4.05. The summed E-state index contributed by atoms with van der Waals surface area (Å²) >= 11 is 3.20. The lowest BCUT2D eigenvalue weighted by atomic mass is 10.1. The van der Waals surface area contributed by atoms with E-state index in [0.717, 1.165) is 44.6 Å². The monoisotopic (exact) mass is 409 g/mol. The van der Waals surface area contributed by atoms with E-state index >= 15 is 0 Å². The van der Waals surface area contributed by atoms with Crippen molar-refractivity contribution in [2.24, 2.45) is 0 Å². The molecule has 9 heteroatoms. The first-order chi connectivity index (χ1) is 13.7. The van der Waals surface area contributed by atoms with Gasteiger partial charge in [-0.1, -0.05) is 30.3 Å². The number of hydrogen-bond acceptors (Lipinski definition) is 8. The smallest absolute Gasteiger partial charge is 0.215 e. The number of tetrazole rings is 1. The number of thiophene rings is 1. The molecule has 0 N–H and O–H groups in total. The molecular formula is C19H19N7S2. The van der Waals surface area contributed by atoms with Gasteiger partial charge in [-0.05, 0) is 54.7 Å². The molecule has 1 aromatic carbocycles. The molecule has 142 valence electrons. The summed E-state index contributed by atoms with van der Waals surface area (Å²) < 4.78 is 1.93. The number of aromatic nitrogens is 6. The predicted molar refractivity (Wildman–Crippen MR) is 110 cm³/mol. The van der Waals surface area contributed by atoms with Gasteiger partial charge in [-0.3, -0.25) is 0 Å². The zero-order valence-electron chi connectivity index (χ0n) is 15.6. The molecule has 5 rings (SSSR count). The minimum absolute atomic E-state index is 0.423. The van der Waals surface area contributed by atoms with Gasteiger partial charge in [0.1, 0.15) is 15.7 Å². The third-order valence-corrected chi connectivity index (χ3v) is 6.34. The molecular weight excluding hydrogens is 390 g/mol. The largest absolute Gasteiger partial charge is 0.302 e. The van der Waals surface area contributed by atoms with E-state index < -0.39 is 0 Å². The Morgan fingerprint density at radius 3 is 2.75 bits per heavy atom. The van der Waals surface area contributed by atoms with Crippen LogP contribution in [-0.4, -0.2) is 49.2 Å². The molecule has 0 saturated heterocycles. The lowest BCUT2D eigenvalue weighted by molar-refractivity contribution is 0.390. The number of hydrogen-bond donors (Lipinski definition) is 0. The van der Waals surface area contributed by atoms with Crippen LogP contribution in [0.4, 0.5) is 0 Å². The minimum Gasteiger partial charge on any atom is -0.302 e. The summed E-state index contributed by atoms with van der Waals surface area (Å²) in [6.45, 7) is 0.690. The van der Waals surface area contributed by atoms with Gasteiger partial charge in [-0.15, -0.1) is 16.4 Å². The molecule has 4 aromatic rings. The molecule has 3 heterocycles. The Bertz CT molecular complexity index is 1120.